The fourth-order valence-electron chi connectivity index (χ4n) is 3.79. The van der Waals surface area contributed by atoms with Gasteiger partial charge in [0.2, 0.25) is 0 Å². The van der Waals surface area contributed by atoms with E-state index in [9.17, 15) is 4.39 Å². The monoisotopic (exact) mass is 278 g/mol. The molecule has 0 saturated heterocycles. The van der Waals surface area contributed by atoms with Crippen molar-refractivity contribution in [3.8, 4) is 0 Å². The highest BCUT2D eigenvalue weighted by molar-refractivity contribution is 5.20. The summed E-state index contributed by atoms with van der Waals surface area (Å²) in [5, 5.41) is 0. The zero-order valence-corrected chi connectivity index (χ0v) is 12.7. The summed E-state index contributed by atoms with van der Waals surface area (Å²) in [6.45, 7) is 6.15. The van der Waals surface area contributed by atoms with E-state index in [2.05, 4.69) is 18.7 Å². The van der Waals surface area contributed by atoms with Crippen molar-refractivity contribution in [2.75, 3.05) is 13.1 Å². The zero-order valence-electron chi connectivity index (χ0n) is 12.7. The number of benzene rings is 1. The minimum absolute atomic E-state index is 0.140. The summed E-state index contributed by atoms with van der Waals surface area (Å²) in [7, 11) is 0. The molecular formula is C17H27FN2. The van der Waals surface area contributed by atoms with Gasteiger partial charge in [0.15, 0.2) is 0 Å². The lowest BCUT2D eigenvalue weighted by atomic mass is 9.96. The van der Waals surface area contributed by atoms with Gasteiger partial charge in [-0.15, -0.1) is 0 Å². The second-order valence-electron chi connectivity index (χ2n) is 5.80. The van der Waals surface area contributed by atoms with Crippen LogP contribution in [0.5, 0.6) is 0 Å². The minimum Gasteiger partial charge on any atom is -0.330 e. The van der Waals surface area contributed by atoms with Gasteiger partial charge in [-0.1, -0.05) is 32.4 Å². The smallest absolute Gasteiger partial charge is 0.123 e. The molecule has 1 aromatic carbocycles. The summed E-state index contributed by atoms with van der Waals surface area (Å²) in [5.74, 6) is 0.455. The third kappa shape index (κ3) is 3.21. The largest absolute Gasteiger partial charge is 0.330 e. The van der Waals surface area contributed by atoms with Gasteiger partial charge in [-0.2, -0.15) is 0 Å². The van der Waals surface area contributed by atoms with Gasteiger partial charge in [0.1, 0.15) is 5.82 Å². The SMILES string of the molecule is CCC(c1cccc(F)c1)N(CC)C1CCCC1CN. The third-order valence-electron chi connectivity index (χ3n) is 4.73. The Kier molecular flexibility index (Phi) is 5.55. The molecule has 2 N–H and O–H groups in total. The van der Waals surface area contributed by atoms with Crippen LogP contribution in [0.15, 0.2) is 24.3 Å². The minimum atomic E-state index is -0.140. The fourth-order valence-corrected chi connectivity index (χ4v) is 3.79. The van der Waals surface area contributed by atoms with Crippen LogP contribution in [0, 0.1) is 11.7 Å². The van der Waals surface area contributed by atoms with E-state index in [0.29, 0.717) is 18.0 Å². The standard InChI is InChI=1S/C17H27FN2/c1-3-16(13-7-5-9-15(18)11-13)20(4-2)17-10-6-8-14(17)12-19/h5,7,9,11,14,16-17H,3-4,6,8,10,12,19H2,1-2H3. The number of hydrogen-bond acceptors (Lipinski definition) is 2. The van der Waals surface area contributed by atoms with Crippen LogP contribution in [0.25, 0.3) is 0 Å². The number of hydrogen-bond donors (Lipinski definition) is 1. The molecule has 112 valence electrons. The predicted octanol–water partition coefficient (Wildman–Crippen LogP) is 3.73. The highest BCUT2D eigenvalue weighted by Gasteiger charge is 2.34. The van der Waals surface area contributed by atoms with E-state index in [1.807, 2.05) is 12.1 Å². The van der Waals surface area contributed by atoms with E-state index in [-0.39, 0.29) is 5.82 Å². The Morgan fingerprint density at radius 1 is 1.35 bits per heavy atom. The normalized spacial score (nSPS) is 24.2. The molecule has 0 heterocycles. The van der Waals surface area contributed by atoms with Crippen LogP contribution in [0.4, 0.5) is 4.39 Å². The third-order valence-corrected chi connectivity index (χ3v) is 4.73. The van der Waals surface area contributed by atoms with Crippen LogP contribution in [0.2, 0.25) is 0 Å². The first-order valence-corrected chi connectivity index (χ1v) is 7.92. The lowest BCUT2D eigenvalue weighted by Crippen LogP contribution is -2.42. The van der Waals surface area contributed by atoms with Gasteiger partial charge in [-0.05, 0) is 56.0 Å². The van der Waals surface area contributed by atoms with E-state index < -0.39 is 0 Å². The van der Waals surface area contributed by atoms with Gasteiger partial charge >= 0.3 is 0 Å². The van der Waals surface area contributed by atoms with Crippen LogP contribution in [-0.4, -0.2) is 24.0 Å². The van der Waals surface area contributed by atoms with Gasteiger partial charge in [-0.25, -0.2) is 4.39 Å². The summed E-state index contributed by atoms with van der Waals surface area (Å²) < 4.78 is 13.5. The van der Waals surface area contributed by atoms with E-state index in [4.69, 9.17) is 5.73 Å². The van der Waals surface area contributed by atoms with Crippen molar-refractivity contribution in [3.05, 3.63) is 35.6 Å². The van der Waals surface area contributed by atoms with Crippen molar-refractivity contribution in [1.82, 2.24) is 4.90 Å². The quantitative estimate of drug-likeness (QED) is 0.859. The second-order valence-corrected chi connectivity index (χ2v) is 5.80. The molecule has 1 saturated carbocycles. The van der Waals surface area contributed by atoms with Gasteiger partial charge in [0, 0.05) is 12.1 Å². The second kappa shape index (κ2) is 7.19. The summed E-state index contributed by atoms with van der Waals surface area (Å²) >= 11 is 0. The van der Waals surface area contributed by atoms with Crippen molar-refractivity contribution in [1.29, 1.82) is 0 Å². The van der Waals surface area contributed by atoms with Crippen molar-refractivity contribution in [2.45, 2.75) is 51.6 Å². The summed E-state index contributed by atoms with van der Waals surface area (Å²) in [6.07, 6.45) is 4.73. The molecule has 1 aromatic rings. The van der Waals surface area contributed by atoms with Crippen molar-refractivity contribution < 1.29 is 4.39 Å². The summed E-state index contributed by atoms with van der Waals surface area (Å²) in [4.78, 5) is 2.54. The fraction of sp³-hybridized carbons (Fsp3) is 0.647. The first-order chi connectivity index (χ1) is 9.71. The molecule has 3 unspecified atom stereocenters. The molecule has 20 heavy (non-hydrogen) atoms. The molecule has 0 amide bonds. The van der Waals surface area contributed by atoms with Gasteiger partial charge < -0.3 is 5.73 Å². The Labute approximate surface area is 122 Å². The lowest BCUT2D eigenvalue weighted by Gasteiger charge is -2.38. The number of rotatable bonds is 6. The van der Waals surface area contributed by atoms with E-state index >= 15 is 0 Å². The average Bonchev–Trinajstić information content (AvgIpc) is 2.92. The van der Waals surface area contributed by atoms with Crippen molar-refractivity contribution >= 4 is 0 Å². The number of halogens is 1. The van der Waals surface area contributed by atoms with Gasteiger partial charge in [0.25, 0.3) is 0 Å². The van der Waals surface area contributed by atoms with Crippen LogP contribution in [-0.2, 0) is 0 Å². The summed E-state index contributed by atoms with van der Waals surface area (Å²) in [5.41, 5.74) is 7.03. The molecule has 2 nitrogen and oxygen atoms in total. The average molecular weight is 278 g/mol. The molecule has 3 atom stereocenters. The zero-order chi connectivity index (χ0) is 14.5. The molecular weight excluding hydrogens is 251 g/mol. The molecule has 1 aliphatic carbocycles. The molecule has 3 heteroatoms. The maximum Gasteiger partial charge on any atom is 0.123 e. The Morgan fingerprint density at radius 2 is 2.15 bits per heavy atom. The van der Waals surface area contributed by atoms with Crippen LogP contribution >= 0.6 is 0 Å². The Balaban J connectivity index is 2.23. The van der Waals surface area contributed by atoms with Gasteiger partial charge in [-0.3, -0.25) is 4.90 Å². The van der Waals surface area contributed by atoms with E-state index in [1.165, 1.54) is 25.3 Å². The Morgan fingerprint density at radius 3 is 2.75 bits per heavy atom. The molecule has 0 radical (unpaired) electrons. The number of nitrogens with two attached hydrogens (primary N) is 1. The molecule has 0 aliphatic heterocycles. The molecule has 0 bridgehead atoms. The van der Waals surface area contributed by atoms with Crippen molar-refractivity contribution in [2.24, 2.45) is 11.7 Å². The number of nitrogens with zero attached hydrogens (tertiary/aromatic N) is 1. The molecule has 1 aliphatic rings. The topological polar surface area (TPSA) is 29.3 Å². The first kappa shape index (κ1) is 15.5. The Hall–Kier alpha value is -0.930. The molecule has 1 fully saturated rings. The molecule has 0 aromatic heterocycles. The van der Waals surface area contributed by atoms with E-state index in [0.717, 1.165) is 25.1 Å². The molecule has 0 spiro atoms. The van der Waals surface area contributed by atoms with Gasteiger partial charge in [0.05, 0.1) is 0 Å². The Bertz CT molecular complexity index is 421. The first-order valence-electron chi connectivity index (χ1n) is 7.92. The van der Waals surface area contributed by atoms with Crippen LogP contribution in [0.1, 0.15) is 51.1 Å². The molecule has 2 rings (SSSR count). The van der Waals surface area contributed by atoms with E-state index in [1.54, 1.807) is 6.07 Å². The van der Waals surface area contributed by atoms with Crippen LogP contribution in [0.3, 0.4) is 0 Å². The highest BCUT2D eigenvalue weighted by Crippen LogP contribution is 2.35. The summed E-state index contributed by atoms with van der Waals surface area (Å²) in [6, 6.07) is 7.92. The maximum atomic E-state index is 13.5. The van der Waals surface area contributed by atoms with Crippen LogP contribution < -0.4 is 5.73 Å². The predicted molar refractivity (Wildman–Crippen MR) is 82.0 cm³/mol. The highest BCUT2D eigenvalue weighted by atomic mass is 19.1. The van der Waals surface area contributed by atoms with Crippen molar-refractivity contribution in [3.63, 3.8) is 0 Å². The maximum absolute atomic E-state index is 13.5. The lowest BCUT2D eigenvalue weighted by molar-refractivity contribution is 0.110.